The number of H-pyrrole nitrogens is 1. The summed E-state index contributed by atoms with van der Waals surface area (Å²) in [7, 11) is 0. The number of anilines is 2. The molecule has 4 heterocycles. The van der Waals surface area contributed by atoms with Gasteiger partial charge in [-0.15, -0.1) is 0 Å². The number of nitrogens with zero attached hydrogens (tertiary/aromatic N) is 6. The number of hydrogen-bond acceptors (Lipinski definition) is 7. The Kier molecular flexibility index (Phi) is 5.44. The normalized spacial score (nSPS) is 14.2. The maximum atomic E-state index is 14.1. The standard InChI is InChI=1S/C23H19F3N8S/c24-13-2-1-3-14(10-13)34-12-28-20-21(31-23(32-22(20)34)33-6-8-35-9-7-33)27-11-17-29-16-5-4-15(25)18(26)19(16)30-17/h1-5,10,12H,6-9,11H2,(H,29,30)(H,27,31,32). The van der Waals surface area contributed by atoms with Crippen molar-refractivity contribution in [1.82, 2.24) is 29.5 Å². The van der Waals surface area contributed by atoms with Crippen molar-refractivity contribution in [3.8, 4) is 5.69 Å². The summed E-state index contributed by atoms with van der Waals surface area (Å²) < 4.78 is 43.3. The third-order valence-corrected chi connectivity index (χ3v) is 6.73. The summed E-state index contributed by atoms with van der Waals surface area (Å²) in [5, 5.41) is 3.21. The van der Waals surface area contributed by atoms with Crippen molar-refractivity contribution in [2.24, 2.45) is 0 Å². The maximum Gasteiger partial charge on any atom is 0.229 e. The van der Waals surface area contributed by atoms with E-state index >= 15 is 0 Å². The van der Waals surface area contributed by atoms with Gasteiger partial charge in [0, 0.05) is 24.6 Å². The monoisotopic (exact) mass is 496 g/mol. The van der Waals surface area contributed by atoms with E-state index in [1.54, 1.807) is 23.0 Å². The molecule has 3 aromatic heterocycles. The minimum absolute atomic E-state index is 0.0588. The lowest BCUT2D eigenvalue weighted by molar-refractivity contribution is 0.515. The van der Waals surface area contributed by atoms with E-state index in [-0.39, 0.29) is 17.9 Å². The Labute approximate surface area is 201 Å². The Bertz CT molecular complexity index is 1540. The van der Waals surface area contributed by atoms with Crippen molar-refractivity contribution in [2.45, 2.75) is 6.54 Å². The zero-order valence-corrected chi connectivity index (χ0v) is 19.1. The smallest absolute Gasteiger partial charge is 0.229 e. The van der Waals surface area contributed by atoms with Gasteiger partial charge in [0.25, 0.3) is 0 Å². The molecule has 1 aliphatic rings. The van der Waals surface area contributed by atoms with E-state index in [4.69, 9.17) is 9.97 Å². The van der Waals surface area contributed by atoms with Gasteiger partial charge < -0.3 is 15.2 Å². The molecule has 0 unspecified atom stereocenters. The van der Waals surface area contributed by atoms with Crippen molar-refractivity contribution in [2.75, 3.05) is 34.8 Å². The molecule has 0 radical (unpaired) electrons. The molecule has 8 nitrogen and oxygen atoms in total. The highest BCUT2D eigenvalue weighted by Crippen LogP contribution is 2.27. The fourth-order valence-electron chi connectivity index (χ4n) is 4.05. The second kappa shape index (κ2) is 8.77. The number of aromatic nitrogens is 6. The molecule has 2 aromatic carbocycles. The van der Waals surface area contributed by atoms with E-state index in [1.165, 1.54) is 18.2 Å². The lowest BCUT2D eigenvalue weighted by atomic mass is 10.3. The van der Waals surface area contributed by atoms with E-state index < -0.39 is 11.6 Å². The highest BCUT2D eigenvalue weighted by molar-refractivity contribution is 7.99. The van der Waals surface area contributed by atoms with Gasteiger partial charge in [-0.05, 0) is 30.3 Å². The van der Waals surface area contributed by atoms with Crippen molar-refractivity contribution >= 4 is 45.7 Å². The number of nitrogens with one attached hydrogen (secondary N) is 2. The molecule has 0 spiro atoms. The molecule has 0 amide bonds. The van der Waals surface area contributed by atoms with Gasteiger partial charge in [-0.3, -0.25) is 4.57 Å². The zero-order chi connectivity index (χ0) is 23.9. The molecule has 1 aliphatic heterocycles. The van der Waals surface area contributed by atoms with Gasteiger partial charge >= 0.3 is 0 Å². The predicted octanol–water partition coefficient (Wildman–Crippen LogP) is 4.27. The summed E-state index contributed by atoms with van der Waals surface area (Å²) in [5.74, 6) is 1.04. The van der Waals surface area contributed by atoms with Crippen molar-refractivity contribution in [1.29, 1.82) is 0 Å². The molecule has 1 fully saturated rings. The molecular formula is C23H19F3N8S. The highest BCUT2D eigenvalue weighted by Gasteiger charge is 2.20. The molecule has 2 N–H and O–H groups in total. The van der Waals surface area contributed by atoms with Crippen LogP contribution in [0.25, 0.3) is 27.9 Å². The summed E-state index contributed by atoms with van der Waals surface area (Å²) >= 11 is 1.87. The summed E-state index contributed by atoms with van der Waals surface area (Å²) in [6, 6.07) is 8.70. The van der Waals surface area contributed by atoms with E-state index in [9.17, 15) is 13.2 Å². The van der Waals surface area contributed by atoms with Gasteiger partial charge in [0.05, 0.1) is 17.7 Å². The summed E-state index contributed by atoms with van der Waals surface area (Å²) in [4.78, 5) is 23.2. The minimum atomic E-state index is -0.992. The zero-order valence-electron chi connectivity index (χ0n) is 18.3. The van der Waals surface area contributed by atoms with E-state index in [2.05, 4.69) is 25.2 Å². The second-order valence-electron chi connectivity index (χ2n) is 8.03. The Balaban J connectivity index is 1.40. The Morgan fingerprint density at radius 2 is 1.86 bits per heavy atom. The summed E-state index contributed by atoms with van der Waals surface area (Å²) in [6.07, 6.45) is 1.58. The third kappa shape index (κ3) is 4.03. The number of hydrogen-bond donors (Lipinski definition) is 2. The first-order chi connectivity index (χ1) is 17.1. The number of imidazole rings is 2. The van der Waals surface area contributed by atoms with Crippen LogP contribution in [0, 0.1) is 17.5 Å². The van der Waals surface area contributed by atoms with Crippen LogP contribution in [-0.2, 0) is 6.54 Å². The fraction of sp³-hybridized carbons (Fsp3) is 0.217. The molecule has 0 bridgehead atoms. The molecule has 0 atom stereocenters. The Morgan fingerprint density at radius 3 is 2.69 bits per heavy atom. The fourth-order valence-corrected chi connectivity index (χ4v) is 4.95. The quantitative estimate of drug-likeness (QED) is 0.376. The molecule has 6 rings (SSSR count). The molecule has 178 valence electrons. The first-order valence-electron chi connectivity index (χ1n) is 11.0. The van der Waals surface area contributed by atoms with Crippen LogP contribution < -0.4 is 10.2 Å². The van der Waals surface area contributed by atoms with Crippen LogP contribution in [0.4, 0.5) is 24.9 Å². The summed E-state index contributed by atoms with van der Waals surface area (Å²) in [5.41, 5.74) is 1.95. The molecule has 1 saturated heterocycles. The van der Waals surface area contributed by atoms with E-state index in [0.29, 0.717) is 40.0 Å². The van der Waals surface area contributed by atoms with Crippen LogP contribution in [0.5, 0.6) is 0 Å². The van der Waals surface area contributed by atoms with Crippen LogP contribution in [0.15, 0.2) is 42.7 Å². The maximum absolute atomic E-state index is 14.1. The molecule has 35 heavy (non-hydrogen) atoms. The topological polar surface area (TPSA) is 87.5 Å². The molecule has 0 saturated carbocycles. The van der Waals surface area contributed by atoms with Gasteiger partial charge in [-0.2, -0.15) is 21.7 Å². The number of rotatable bonds is 5. The van der Waals surface area contributed by atoms with Crippen LogP contribution in [0.2, 0.25) is 0 Å². The average Bonchev–Trinajstić information content (AvgIpc) is 3.50. The molecular weight excluding hydrogens is 477 g/mol. The van der Waals surface area contributed by atoms with Crippen molar-refractivity contribution < 1.29 is 13.2 Å². The first-order valence-corrected chi connectivity index (χ1v) is 12.1. The number of fused-ring (bicyclic) bond motifs is 2. The molecule has 0 aliphatic carbocycles. The summed E-state index contributed by atoms with van der Waals surface area (Å²) in [6.45, 7) is 1.78. The van der Waals surface area contributed by atoms with Gasteiger partial charge in [-0.1, -0.05) is 6.07 Å². The largest absolute Gasteiger partial charge is 0.361 e. The van der Waals surface area contributed by atoms with Gasteiger partial charge in [0.2, 0.25) is 5.95 Å². The third-order valence-electron chi connectivity index (χ3n) is 5.78. The van der Waals surface area contributed by atoms with Crippen molar-refractivity contribution in [3.05, 3.63) is 66.0 Å². The Hall–Kier alpha value is -3.80. The first kappa shape index (κ1) is 21.7. The number of halogens is 3. The number of benzene rings is 2. The van der Waals surface area contributed by atoms with Gasteiger partial charge in [-0.25, -0.2) is 23.1 Å². The lowest BCUT2D eigenvalue weighted by Crippen LogP contribution is -2.34. The predicted molar refractivity (Wildman–Crippen MR) is 129 cm³/mol. The van der Waals surface area contributed by atoms with Crippen LogP contribution in [0.3, 0.4) is 0 Å². The van der Waals surface area contributed by atoms with Crippen LogP contribution in [0.1, 0.15) is 5.82 Å². The van der Waals surface area contributed by atoms with Crippen LogP contribution >= 0.6 is 11.8 Å². The second-order valence-corrected chi connectivity index (χ2v) is 9.26. The highest BCUT2D eigenvalue weighted by atomic mass is 32.2. The average molecular weight is 497 g/mol. The van der Waals surface area contributed by atoms with Crippen molar-refractivity contribution in [3.63, 3.8) is 0 Å². The SMILES string of the molecule is Fc1cccc(-n2cnc3c(NCc4nc5c(F)c(F)ccc5[nH]4)nc(N4CCSCC4)nc32)c1. The number of aromatic amines is 1. The lowest BCUT2D eigenvalue weighted by Gasteiger charge is -2.26. The minimum Gasteiger partial charge on any atom is -0.361 e. The molecule has 12 heteroatoms. The Morgan fingerprint density at radius 1 is 1.00 bits per heavy atom. The molecule has 5 aromatic rings. The van der Waals surface area contributed by atoms with Crippen LogP contribution in [-0.4, -0.2) is 54.1 Å². The van der Waals surface area contributed by atoms with Gasteiger partial charge in [0.15, 0.2) is 28.6 Å². The van der Waals surface area contributed by atoms with E-state index in [0.717, 1.165) is 30.7 Å². The van der Waals surface area contributed by atoms with E-state index in [1.807, 2.05) is 11.8 Å². The number of thioether (sulfide) groups is 1. The van der Waals surface area contributed by atoms with Gasteiger partial charge in [0.1, 0.15) is 23.5 Å².